The molecule has 2 aromatic carbocycles. The molecule has 142 valence electrons. The number of nitrogens with two attached hydrogens (primary N) is 1. The Labute approximate surface area is 148 Å². The van der Waals surface area contributed by atoms with Crippen LogP contribution in [0.2, 0.25) is 0 Å². The van der Waals surface area contributed by atoms with Crippen LogP contribution < -0.4 is 10.5 Å². The van der Waals surface area contributed by atoms with Gasteiger partial charge in [-0.3, -0.25) is 13.7 Å². The van der Waals surface area contributed by atoms with Crippen molar-refractivity contribution in [2.24, 2.45) is 0 Å². The van der Waals surface area contributed by atoms with Crippen LogP contribution in [-0.4, -0.2) is 38.9 Å². The molecule has 0 heterocycles. The number of benzene rings is 2. The van der Waals surface area contributed by atoms with Gasteiger partial charge in [0.25, 0.3) is 30.4 Å². The van der Waals surface area contributed by atoms with Crippen LogP contribution in [0.1, 0.15) is 0 Å². The van der Waals surface area contributed by atoms with Gasteiger partial charge in [-0.2, -0.15) is 25.3 Å². The van der Waals surface area contributed by atoms with Crippen LogP contribution in [0.5, 0.6) is 11.5 Å². The van der Waals surface area contributed by atoms with Gasteiger partial charge >= 0.3 is 0 Å². The Kier molecular flexibility index (Phi) is 5.02. The first-order valence-electron chi connectivity index (χ1n) is 6.33. The van der Waals surface area contributed by atoms with E-state index in [-0.39, 0.29) is 5.69 Å². The fourth-order valence-corrected chi connectivity index (χ4v) is 3.73. The van der Waals surface area contributed by atoms with Crippen molar-refractivity contribution in [3.63, 3.8) is 0 Å². The zero-order valence-electron chi connectivity index (χ0n) is 12.5. The van der Waals surface area contributed by atoms with Crippen LogP contribution in [0.3, 0.4) is 0 Å². The minimum atomic E-state index is -5.03. The van der Waals surface area contributed by atoms with E-state index in [1.165, 1.54) is 6.07 Å². The van der Waals surface area contributed by atoms with E-state index in [1.807, 2.05) is 0 Å². The van der Waals surface area contributed by atoms with Gasteiger partial charge in [0.2, 0.25) is 0 Å². The van der Waals surface area contributed by atoms with E-state index in [0.29, 0.717) is 6.07 Å². The highest BCUT2D eigenvalue weighted by Gasteiger charge is 2.24. The molecular weight excluding hydrogens is 414 g/mol. The van der Waals surface area contributed by atoms with Gasteiger partial charge in [0.1, 0.15) is 21.3 Å². The molecule has 0 saturated heterocycles. The molecule has 0 aliphatic rings. The third-order valence-corrected chi connectivity index (χ3v) is 5.56. The average Bonchev–Trinajstić information content (AvgIpc) is 2.46. The number of rotatable bonds is 5. The lowest BCUT2D eigenvalue weighted by molar-refractivity contribution is 0.433. The standard InChI is InChI=1S/C12H11NO10S3/c13-7-1-3-9(11(5-7)25(17,18)19)23-10-4-2-8(24(14,15)16)6-12(10)26(20,21)22/h1-6H,13H2,(H,14,15,16)(H,17,18,19)(H,20,21,22). The average molecular weight is 425 g/mol. The molecule has 0 aliphatic heterocycles. The number of anilines is 1. The molecule has 0 amide bonds. The fourth-order valence-electron chi connectivity index (χ4n) is 1.86. The lowest BCUT2D eigenvalue weighted by Gasteiger charge is -2.13. The first-order valence-corrected chi connectivity index (χ1v) is 10.7. The highest BCUT2D eigenvalue weighted by atomic mass is 32.2. The largest absolute Gasteiger partial charge is 0.454 e. The molecule has 14 heteroatoms. The van der Waals surface area contributed by atoms with E-state index in [4.69, 9.17) is 15.0 Å². The van der Waals surface area contributed by atoms with E-state index in [0.717, 1.165) is 24.3 Å². The molecule has 2 rings (SSSR count). The van der Waals surface area contributed by atoms with Crippen molar-refractivity contribution in [3.05, 3.63) is 36.4 Å². The second-order valence-corrected chi connectivity index (χ2v) is 9.04. The van der Waals surface area contributed by atoms with Crippen molar-refractivity contribution in [3.8, 4) is 11.5 Å². The maximum Gasteiger partial charge on any atom is 0.298 e. The zero-order chi connectivity index (χ0) is 19.9. The first kappa shape index (κ1) is 20.1. The summed E-state index contributed by atoms with van der Waals surface area (Å²) in [7, 11) is -14.6. The molecule has 0 fully saturated rings. The molecule has 0 radical (unpaired) electrons. The van der Waals surface area contributed by atoms with E-state index < -0.39 is 56.5 Å². The molecule has 0 aromatic heterocycles. The second kappa shape index (κ2) is 6.49. The smallest absolute Gasteiger partial charge is 0.298 e. The summed E-state index contributed by atoms with van der Waals surface area (Å²) >= 11 is 0. The second-order valence-electron chi connectivity index (χ2n) is 4.84. The minimum absolute atomic E-state index is 0.0540. The molecule has 11 nitrogen and oxygen atoms in total. The van der Waals surface area contributed by atoms with Crippen molar-refractivity contribution in [1.82, 2.24) is 0 Å². The fraction of sp³-hybridized carbons (Fsp3) is 0. The van der Waals surface area contributed by atoms with E-state index in [9.17, 15) is 34.4 Å². The molecule has 0 bridgehead atoms. The van der Waals surface area contributed by atoms with Gasteiger partial charge in [0, 0.05) is 5.69 Å². The molecule has 5 N–H and O–H groups in total. The summed E-state index contributed by atoms with van der Waals surface area (Å²) in [5.74, 6) is -1.22. The summed E-state index contributed by atoms with van der Waals surface area (Å²) in [5, 5.41) is 0. The Balaban J connectivity index is 2.69. The topological polar surface area (TPSA) is 198 Å². The maximum atomic E-state index is 11.5. The van der Waals surface area contributed by atoms with Crippen LogP contribution in [0.15, 0.2) is 51.1 Å². The van der Waals surface area contributed by atoms with Crippen molar-refractivity contribution >= 4 is 36.0 Å². The molecule has 0 atom stereocenters. The zero-order valence-corrected chi connectivity index (χ0v) is 14.9. The Hall–Kier alpha value is -2.23. The van der Waals surface area contributed by atoms with Crippen LogP contribution in [-0.2, 0) is 30.4 Å². The Bertz CT molecular complexity index is 1180. The highest BCUT2D eigenvalue weighted by Crippen LogP contribution is 2.35. The summed E-state index contributed by atoms with van der Waals surface area (Å²) in [6, 6.07) is 4.95. The first-order chi connectivity index (χ1) is 11.7. The summed E-state index contributed by atoms with van der Waals surface area (Å²) < 4.78 is 101. The number of hydrogen-bond acceptors (Lipinski definition) is 8. The van der Waals surface area contributed by atoms with Crippen LogP contribution in [0, 0.1) is 0 Å². The van der Waals surface area contributed by atoms with Gasteiger partial charge in [0.15, 0.2) is 0 Å². The van der Waals surface area contributed by atoms with Gasteiger partial charge in [0.05, 0.1) is 4.90 Å². The number of ether oxygens (including phenoxy) is 1. The van der Waals surface area contributed by atoms with Gasteiger partial charge in [-0.05, 0) is 36.4 Å². The minimum Gasteiger partial charge on any atom is -0.454 e. The van der Waals surface area contributed by atoms with Crippen molar-refractivity contribution in [2.45, 2.75) is 14.7 Å². The van der Waals surface area contributed by atoms with Gasteiger partial charge in [-0.15, -0.1) is 0 Å². The lowest BCUT2D eigenvalue weighted by Crippen LogP contribution is -2.07. The Morgan fingerprint density at radius 2 is 1.15 bits per heavy atom. The predicted octanol–water partition coefficient (Wildman–Crippen LogP) is 0.801. The summed E-state index contributed by atoms with van der Waals surface area (Å²) in [6.07, 6.45) is 0. The third-order valence-electron chi connectivity index (χ3n) is 2.96. The van der Waals surface area contributed by atoms with Crippen LogP contribution in [0.25, 0.3) is 0 Å². The van der Waals surface area contributed by atoms with Gasteiger partial charge in [-0.1, -0.05) is 0 Å². The lowest BCUT2D eigenvalue weighted by atomic mass is 10.3. The van der Waals surface area contributed by atoms with Gasteiger partial charge in [-0.25, -0.2) is 0 Å². The normalized spacial score (nSPS) is 12.7. The SMILES string of the molecule is Nc1ccc(Oc2ccc(S(=O)(=O)O)cc2S(=O)(=O)O)c(S(=O)(=O)O)c1. The van der Waals surface area contributed by atoms with Crippen molar-refractivity contribution in [2.75, 3.05) is 5.73 Å². The number of nitrogen functional groups attached to an aromatic ring is 1. The molecule has 0 aliphatic carbocycles. The number of hydrogen-bond donors (Lipinski definition) is 4. The third kappa shape index (κ3) is 4.48. The Morgan fingerprint density at radius 1 is 0.692 bits per heavy atom. The molecule has 2 aromatic rings. The van der Waals surface area contributed by atoms with E-state index in [1.54, 1.807) is 0 Å². The molecule has 26 heavy (non-hydrogen) atoms. The molecule has 0 saturated carbocycles. The van der Waals surface area contributed by atoms with E-state index >= 15 is 0 Å². The van der Waals surface area contributed by atoms with Gasteiger partial charge < -0.3 is 10.5 Å². The summed E-state index contributed by atoms with van der Waals surface area (Å²) in [4.78, 5) is -2.71. The summed E-state index contributed by atoms with van der Waals surface area (Å²) in [5.41, 5.74) is 5.37. The molecule has 0 unspecified atom stereocenters. The van der Waals surface area contributed by atoms with Crippen molar-refractivity contribution in [1.29, 1.82) is 0 Å². The quantitative estimate of drug-likeness (QED) is 0.390. The van der Waals surface area contributed by atoms with Crippen LogP contribution >= 0.6 is 0 Å². The monoisotopic (exact) mass is 425 g/mol. The van der Waals surface area contributed by atoms with Crippen LogP contribution in [0.4, 0.5) is 5.69 Å². The Morgan fingerprint density at radius 3 is 1.62 bits per heavy atom. The molecule has 0 spiro atoms. The molecular formula is C12H11NO10S3. The van der Waals surface area contributed by atoms with Crippen molar-refractivity contribution < 1.29 is 43.6 Å². The summed E-state index contributed by atoms with van der Waals surface area (Å²) in [6.45, 7) is 0. The van der Waals surface area contributed by atoms with E-state index in [2.05, 4.69) is 0 Å². The predicted molar refractivity (Wildman–Crippen MR) is 86.8 cm³/mol. The highest BCUT2D eigenvalue weighted by molar-refractivity contribution is 7.86. The maximum absolute atomic E-state index is 11.5.